The Kier molecular flexibility index (Phi) is 5.97. The van der Waals surface area contributed by atoms with Crippen molar-refractivity contribution in [1.29, 1.82) is 0 Å². The summed E-state index contributed by atoms with van der Waals surface area (Å²) in [6.45, 7) is 1.82. The minimum absolute atomic E-state index is 0.0127. The Labute approximate surface area is 194 Å². The van der Waals surface area contributed by atoms with E-state index in [0.29, 0.717) is 27.4 Å². The van der Waals surface area contributed by atoms with Crippen LogP contribution < -0.4 is 16.6 Å². The van der Waals surface area contributed by atoms with Crippen LogP contribution in [-0.4, -0.2) is 44.4 Å². The van der Waals surface area contributed by atoms with E-state index in [1.807, 2.05) is 37.3 Å². The number of rotatable bonds is 5. The summed E-state index contributed by atoms with van der Waals surface area (Å²) in [7, 11) is 3.27. The van der Waals surface area contributed by atoms with E-state index in [2.05, 4.69) is 15.3 Å². The molecule has 0 aliphatic rings. The van der Waals surface area contributed by atoms with Gasteiger partial charge in [-0.15, -0.1) is 0 Å². The number of fused-ring (bicyclic) bond motifs is 1. The largest absolute Gasteiger partial charge is 0.368 e. The maximum Gasteiger partial charge on any atom is 0.267 e. The lowest BCUT2D eigenvalue weighted by molar-refractivity contribution is 0.0827. The smallest absolute Gasteiger partial charge is 0.267 e. The third kappa shape index (κ3) is 4.22. The quantitative estimate of drug-likeness (QED) is 0.466. The van der Waals surface area contributed by atoms with Crippen LogP contribution in [0, 0.1) is 0 Å². The fraction of sp³-hybridized carbons (Fsp3) is 0.174. The number of amides is 1. The van der Waals surface area contributed by atoms with Crippen molar-refractivity contribution in [3.8, 4) is 5.69 Å². The number of nitrogens with two attached hydrogens (primary N) is 1. The van der Waals surface area contributed by atoms with Gasteiger partial charge in [0.05, 0.1) is 27.7 Å². The number of benzene rings is 2. The van der Waals surface area contributed by atoms with Crippen LogP contribution in [0.5, 0.6) is 0 Å². The van der Waals surface area contributed by atoms with Gasteiger partial charge in [-0.05, 0) is 31.2 Å². The molecule has 4 aromatic rings. The molecule has 4 rings (SSSR count). The highest BCUT2D eigenvalue weighted by atomic mass is 35.5. The highest BCUT2D eigenvalue weighted by molar-refractivity contribution is 6.35. The zero-order chi connectivity index (χ0) is 23.7. The van der Waals surface area contributed by atoms with Gasteiger partial charge in [0.15, 0.2) is 0 Å². The van der Waals surface area contributed by atoms with Gasteiger partial charge in [0.1, 0.15) is 17.2 Å². The lowest BCUT2D eigenvalue weighted by Gasteiger charge is -2.22. The number of carbonyl (C=O) groups excluding carboxylic acids is 1. The van der Waals surface area contributed by atoms with Crippen molar-refractivity contribution in [3.63, 3.8) is 0 Å². The average Bonchev–Trinajstić information content (AvgIpc) is 2.79. The maximum atomic E-state index is 13.6. The van der Waals surface area contributed by atoms with E-state index in [1.54, 1.807) is 32.3 Å². The Hall–Kier alpha value is -3.98. The van der Waals surface area contributed by atoms with Gasteiger partial charge in [-0.1, -0.05) is 35.9 Å². The molecule has 0 fully saturated rings. The standard InChI is InChI=1S/C23H22ClN7O2/c1-13(27-19-15(21(32)30(2)3)12-26-23(25)29-19)20-28-17-11-7-10-16(24)18(17)22(33)31(20)14-8-5-4-6-9-14/h4-13H,1-3H3,(H3,25,26,27,29)/t13-/m1/s1. The van der Waals surface area contributed by atoms with Gasteiger partial charge in [-0.2, -0.15) is 4.98 Å². The Balaban J connectivity index is 1.90. The Bertz CT molecular complexity index is 1400. The molecule has 0 aliphatic carbocycles. The van der Waals surface area contributed by atoms with Crippen LogP contribution in [0.4, 0.5) is 11.8 Å². The molecular formula is C23H22ClN7O2. The number of hydrogen-bond donors (Lipinski definition) is 2. The Morgan fingerprint density at radius 1 is 1.12 bits per heavy atom. The number of nitrogens with zero attached hydrogens (tertiary/aromatic N) is 5. The molecule has 1 atom stereocenters. The summed E-state index contributed by atoms with van der Waals surface area (Å²) in [4.78, 5) is 40.5. The monoisotopic (exact) mass is 463 g/mol. The van der Waals surface area contributed by atoms with E-state index in [4.69, 9.17) is 22.3 Å². The molecular weight excluding hydrogens is 442 g/mol. The van der Waals surface area contributed by atoms with Crippen LogP contribution in [0.3, 0.4) is 0 Å². The van der Waals surface area contributed by atoms with Crippen molar-refractivity contribution in [2.75, 3.05) is 25.1 Å². The minimum Gasteiger partial charge on any atom is -0.368 e. The molecule has 0 radical (unpaired) electrons. The molecule has 3 N–H and O–H groups in total. The molecule has 2 heterocycles. The number of aromatic nitrogens is 4. The van der Waals surface area contributed by atoms with Crippen LogP contribution in [0.25, 0.3) is 16.6 Å². The first kappa shape index (κ1) is 22.2. The summed E-state index contributed by atoms with van der Waals surface area (Å²) in [6, 6.07) is 13.7. The predicted octanol–water partition coefficient (Wildman–Crippen LogP) is 3.29. The third-order valence-corrected chi connectivity index (χ3v) is 5.39. The van der Waals surface area contributed by atoms with Crippen molar-refractivity contribution >= 4 is 40.2 Å². The minimum atomic E-state index is -0.538. The number of anilines is 2. The molecule has 33 heavy (non-hydrogen) atoms. The summed E-state index contributed by atoms with van der Waals surface area (Å²) < 4.78 is 1.50. The Morgan fingerprint density at radius 3 is 2.55 bits per heavy atom. The fourth-order valence-corrected chi connectivity index (χ4v) is 3.75. The molecule has 9 nitrogen and oxygen atoms in total. The first-order valence-corrected chi connectivity index (χ1v) is 10.5. The number of para-hydroxylation sites is 1. The number of carbonyl (C=O) groups is 1. The van der Waals surface area contributed by atoms with Gasteiger partial charge in [-0.3, -0.25) is 14.2 Å². The molecule has 0 unspecified atom stereocenters. The van der Waals surface area contributed by atoms with Crippen molar-refractivity contribution in [1.82, 2.24) is 24.4 Å². The second kappa shape index (κ2) is 8.87. The maximum absolute atomic E-state index is 13.6. The lowest BCUT2D eigenvalue weighted by atomic mass is 10.2. The topological polar surface area (TPSA) is 119 Å². The van der Waals surface area contributed by atoms with Crippen molar-refractivity contribution in [3.05, 3.63) is 81.5 Å². The van der Waals surface area contributed by atoms with Crippen LogP contribution in [0.15, 0.2) is 59.5 Å². The summed E-state index contributed by atoms with van der Waals surface area (Å²) in [5.74, 6) is 0.386. The molecule has 2 aromatic heterocycles. The number of nitrogen functional groups attached to an aromatic ring is 1. The van der Waals surface area contributed by atoms with Gasteiger partial charge < -0.3 is 16.0 Å². The van der Waals surface area contributed by atoms with E-state index < -0.39 is 6.04 Å². The zero-order valence-corrected chi connectivity index (χ0v) is 19.0. The van der Waals surface area contributed by atoms with Crippen LogP contribution >= 0.6 is 11.6 Å². The summed E-state index contributed by atoms with van der Waals surface area (Å²) >= 11 is 6.34. The van der Waals surface area contributed by atoms with Gasteiger partial charge in [-0.25, -0.2) is 9.97 Å². The molecule has 0 bridgehead atoms. The van der Waals surface area contributed by atoms with Crippen LogP contribution in [0.1, 0.15) is 29.1 Å². The highest BCUT2D eigenvalue weighted by Crippen LogP contribution is 2.25. The summed E-state index contributed by atoms with van der Waals surface area (Å²) in [5.41, 5.74) is 6.83. The van der Waals surface area contributed by atoms with E-state index in [0.717, 1.165) is 0 Å². The van der Waals surface area contributed by atoms with Crippen LogP contribution in [0.2, 0.25) is 5.02 Å². The van der Waals surface area contributed by atoms with E-state index >= 15 is 0 Å². The highest BCUT2D eigenvalue weighted by Gasteiger charge is 2.22. The first-order chi connectivity index (χ1) is 15.8. The molecule has 10 heteroatoms. The summed E-state index contributed by atoms with van der Waals surface area (Å²) in [5, 5.41) is 3.84. The van der Waals surface area contributed by atoms with Gasteiger partial charge >= 0.3 is 0 Å². The van der Waals surface area contributed by atoms with Gasteiger partial charge in [0.2, 0.25) is 5.95 Å². The van der Waals surface area contributed by atoms with Crippen molar-refractivity contribution in [2.45, 2.75) is 13.0 Å². The second-order valence-corrected chi connectivity index (χ2v) is 8.04. The summed E-state index contributed by atoms with van der Waals surface area (Å²) in [6.07, 6.45) is 1.37. The SMILES string of the molecule is C[C@@H](Nc1nc(N)ncc1C(=O)N(C)C)c1nc2cccc(Cl)c2c(=O)n1-c1ccccc1. The van der Waals surface area contributed by atoms with Crippen molar-refractivity contribution in [2.24, 2.45) is 0 Å². The second-order valence-electron chi connectivity index (χ2n) is 7.64. The molecule has 168 valence electrons. The molecule has 1 amide bonds. The molecule has 0 saturated carbocycles. The normalized spacial score (nSPS) is 11.9. The average molecular weight is 464 g/mol. The molecule has 0 spiro atoms. The van der Waals surface area contributed by atoms with Gasteiger partial charge in [0.25, 0.3) is 11.5 Å². The van der Waals surface area contributed by atoms with E-state index in [1.165, 1.54) is 15.7 Å². The third-order valence-electron chi connectivity index (χ3n) is 5.07. The number of halogens is 1. The number of nitrogens with one attached hydrogen (secondary N) is 1. The molecule has 0 aliphatic heterocycles. The van der Waals surface area contributed by atoms with Crippen molar-refractivity contribution < 1.29 is 4.79 Å². The van der Waals surface area contributed by atoms with Gasteiger partial charge in [0, 0.05) is 20.3 Å². The van der Waals surface area contributed by atoms with E-state index in [9.17, 15) is 9.59 Å². The molecule has 2 aromatic carbocycles. The van der Waals surface area contributed by atoms with E-state index in [-0.39, 0.29) is 28.8 Å². The Morgan fingerprint density at radius 2 is 1.85 bits per heavy atom. The lowest BCUT2D eigenvalue weighted by Crippen LogP contribution is -2.29. The molecule has 0 saturated heterocycles. The van der Waals surface area contributed by atoms with Crippen LogP contribution in [-0.2, 0) is 0 Å². The first-order valence-electron chi connectivity index (χ1n) is 10.1. The fourth-order valence-electron chi connectivity index (χ4n) is 3.50. The predicted molar refractivity (Wildman–Crippen MR) is 129 cm³/mol. The number of hydrogen-bond acceptors (Lipinski definition) is 7. The zero-order valence-electron chi connectivity index (χ0n) is 18.3.